The van der Waals surface area contributed by atoms with E-state index in [1.54, 1.807) is 24.3 Å². The van der Waals surface area contributed by atoms with Crippen LogP contribution in [0.5, 0.6) is 0 Å². The second kappa shape index (κ2) is 11.0. The molecule has 0 spiro atoms. The number of hydrogen-bond donors (Lipinski definition) is 0. The normalized spacial score (nSPS) is 19.2. The van der Waals surface area contributed by atoms with Crippen molar-refractivity contribution in [3.8, 4) is 0 Å². The van der Waals surface area contributed by atoms with Crippen molar-refractivity contribution >= 4 is 28.8 Å². The quantitative estimate of drug-likeness (QED) is 0.276. The lowest BCUT2D eigenvalue weighted by molar-refractivity contribution is 0.112. The fourth-order valence-corrected chi connectivity index (χ4v) is 11.1. The molecule has 0 aliphatic heterocycles. The molecule has 1 fully saturated rings. The zero-order valence-electron chi connectivity index (χ0n) is 21.8. The summed E-state index contributed by atoms with van der Waals surface area (Å²) < 4.78 is 38.2. The van der Waals surface area contributed by atoms with E-state index in [0.717, 1.165) is 31.2 Å². The van der Waals surface area contributed by atoms with Crippen LogP contribution >= 0.6 is 0 Å². The van der Waals surface area contributed by atoms with Gasteiger partial charge in [0.15, 0.2) is 0 Å². The molecule has 3 aromatic rings. The third-order valence-corrected chi connectivity index (χ3v) is 13.7. The Bertz CT molecular complexity index is 1170. The fourth-order valence-electron chi connectivity index (χ4n) is 5.34. The Morgan fingerprint density at radius 3 is 1.75 bits per heavy atom. The molecular weight excluding hydrogens is 484 g/mol. The van der Waals surface area contributed by atoms with Crippen LogP contribution < -0.4 is 10.4 Å². The molecule has 1 saturated carbocycles. The third-order valence-electron chi connectivity index (χ3n) is 7.32. The first-order valence-corrected chi connectivity index (χ1v) is 16.2. The molecule has 1 aliphatic carbocycles. The van der Waals surface area contributed by atoms with Crippen molar-refractivity contribution in [2.45, 2.75) is 69.4 Å². The zero-order chi connectivity index (χ0) is 25.8. The molecule has 0 saturated heterocycles. The van der Waals surface area contributed by atoms with Crippen LogP contribution in [0.1, 0.15) is 52.0 Å². The summed E-state index contributed by atoms with van der Waals surface area (Å²) in [5.74, 6) is 0.383. The van der Waals surface area contributed by atoms with Gasteiger partial charge in [-0.15, -0.1) is 0 Å². The van der Waals surface area contributed by atoms with Gasteiger partial charge in [-0.2, -0.15) is 8.42 Å². The molecule has 6 heteroatoms. The minimum atomic E-state index is -3.75. The highest BCUT2D eigenvalue weighted by molar-refractivity contribution is 7.86. The standard InChI is InChI=1S/C30H38O4SSi/c1-24-15-21-27(22-16-24)35(31,32)34-26-19-17-25(18-20-26)23-33-36(30(2,3)4,28-11-7-5-8-12-28)29-13-9-6-10-14-29/h5-16,21-22,25-26H,17-20,23H2,1-4H3. The summed E-state index contributed by atoms with van der Waals surface area (Å²) in [7, 11) is -6.31. The minimum absolute atomic E-state index is 0.0574. The van der Waals surface area contributed by atoms with E-state index in [1.807, 2.05) is 6.92 Å². The average Bonchev–Trinajstić information content (AvgIpc) is 2.86. The summed E-state index contributed by atoms with van der Waals surface area (Å²) in [6.07, 6.45) is 2.96. The number of hydrogen-bond acceptors (Lipinski definition) is 4. The van der Waals surface area contributed by atoms with E-state index >= 15 is 0 Å². The predicted molar refractivity (Wildman–Crippen MR) is 149 cm³/mol. The van der Waals surface area contributed by atoms with Gasteiger partial charge in [-0.1, -0.05) is 99.1 Å². The van der Waals surface area contributed by atoms with Crippen LogP contribution in [0.4, 0.5) is 0 Å². The maximum Gasteiger partial charge on any atom is 0.297 e. The van der Waals surface area contributed by atoms with Crippen LogP contribution in [0, 0.1) is 12.8 Å². The van der Waals surface area contributed by atoms with Gasteiger partial charge in [-0.05, 0) is 66.1 Å². The largest absolute Gasteiger partial charge is 0.407 e. The van der Waals surface area contributed by atoms with Crippen molar-refractivity contribution in [3.05, 3.63) is 90.5 Å². The van der Waals surface area contributed by atoms with Crippen LogP contribution in [-0.4, -0.2) is 29.4 Å². The first kappa shape index (κ1) is 26.8. The molecule has 0 radical (unpaired) electrons. The Morgan fingerprint density at radius 2 is 1.28 bits per heavy atom. The molecule has 0 N–H and O–H groups in total. The lowest BCUT2D eigenvalue weighted by Crippen LogP contribution is -2.67. The Labute approximate surface area is 217 Å². The summed E-state index contributed by atoms with van der Waals surface area (Å²) in [6.45, 7) is 9.48. The van der Waals surface area contributed by atoms with Gasteiger partial charge in [-0.25, -0.2) is 0 Å². The van der Waals surface area contributed by atoms with Crippen LogP contribution in [0.3, 0.4) is 0 Å². The number of aryl methyl sites for hydroxylation is 1. The average molecular weight is 523 g/mol. The molecule has 36 heavy (non-hydrogen) atoms. The summed E-state index contributed by atoms with van der Waals surface area (Å²) in [6, 6.07) is 28.2. The highest BCUT2D eigenvalue weighted by atomic mass is 32.2. The summed E-state index contributed by atoms with van der Waals surface area (Å²) in [5.41, 5.74) is 1.02. The van der Waals surface area contributed by atoms with Gasteiger partial charge in [0.1, 0.15) is 0 Å². The van der Waals surface area contributed by atoms with Gasteiger partial charge in [0.25, 0.3) is 18.4 Å². The van der Waals surface area contributed by atoms with E-state index in [4.69, 9.17) is 8.61 Å². The van der Waals surface area contributed by atoms with Crippen molar-refractivity contribution in [3.63, 3.8) is 0 Å². The first-order valence-electron chi connectivity index (χ1n) is 12.9. The fraction of sp³-hybridized carbons (Fsp3) is 0.400. The molecular formula is C30H38O4SSi. The maximum absolute atomic E-state index is 12.7. The third kappa shape index (κ3) is 5.83. The van der Waals surface area contributed by atoms with Crippen molar-refractivity contribution in [1.29, 1.82) is 0 Å². The molecule has 192 valence electrons. The Hall–Kier alpha value is -2.25. The lowest BCUT2D eigenvalue weighted by Gasteiger charge is -2.44. The molecule has 0 heterocycles. The molecule has 0 bridgehead atoms. The zero-order valence-corrected chi connectivity index (χ0v) is 23.6. The molecule has 4 rings (SSSR count). The summed E-state index contributed by atoms with van der Waals surface area (Å²) >= 11 is 0. The van der Waals surface area contributed by atoms with Gasteiger partial charge >= 0.3 is 0 Å². The van der Waals surface area contributed by atoms with Gasteiger partial charge < -0.3 is 4.43 Å². The first-order chi connectivity index (χ1) is 17.1. The van der Waals surface area contributed by atoms with E-state index in [-0.39, 0.29) is 16.0 Å². The van der Waals surface area contributed by atoms with Crippen molar-refractivity contribution in [1.82, 2.24) is 0 Å². The van der Waals surface area contributed by atoms with E-state index in [0.29, 0.717) is 12.5 Å². The molecule has 0 unspecified atom stereocenters. The van der Waals surface area contributed by atoms with E-state index in [9.17, 15) is 8.42 Å². The highest BCUT2D eigenvalue weighted by Crippen LogP contribution is 2.38. The Morgan fingerprint density at radius 1 is 0.778 bits per heavy atom. The van der Waals surface area contributed by atoms with Crippen LogP contribution in [0.2, 0.25) is 5.04 Å². The second-order valence-electron chi connectivity index (χ2n) is 11.0. The molecule has 1 aliphatic rings. The molecule has 0 aromatic heterocycles. The summed E-state index contributed by atoms with van der Waals surface area (Å²) in [5, 5.41) is 2.51. The molecule has 3 aromatic carbocycles. The Kier molecular flexibility index (Phi) is 8.20. The van der Waals surface area contributed by atoms with Crippen LogP contribution in [0.25, 0.3) is 0 Å². The molecule has 4 nitrogen and oxygen atoms in total. The number of rotatable bonds is 8. The van der Waals surface area contributed by atoms with Crippen molar-refractivity contribution in [2.24, 2.45) is 5.92 Å². The van der Waals surface area contributed by atoms with Crippen molar-refractivity contribution in [2.75, 3.05) is 6.61 Å². The topological polar surface area (TPSA) is 52.6 Å². The second-order valence-corrected chi connectivity index (χ2v) is 16.9. The predicted octanol–water partition coefficient (Wildman–Crippen LogP) is 5.84. The Balaban J connectivity index is 1.46. The van der Waals surface area contributed by atoms with Gasteiger partial charge in [-0.3, -0.25) is 4.18 Å². The van der Waals surface area contributed by atoms with Crippen molar-refractivity contribution < 1.29 is 17.0 Å². The minimum Gasteiger partial charge on any atom is -0.407 e. The van der Waals surface area contributed by atoms with Gasteiger partial charge in [0.05, 0.1) is 11.0 Å². The lowest BCUT2D eigenvalue weighted by atomic mass is 9.88. The van der Waals surface area contributed by atoms with Gasteiger partial charge in [0, 0.05) is 6.61 Å². The maximum atomic E-state index is 12.7. The van der Waals surface area contributed by atoms with Gasteiger partial charge in [0.2, 0.25) is 0 Å². The SMILES string of the molecule is Cc1ccc(S(=O)(=O)OC2CCC(CO[Si](c3ccccc3)(c3ccccc3)C(C)(C)C)CC2)cc1. The highest BCUT2D eigenvalue weighted by Gasteiger charge is 2.50. The monoisotopic (exact) mass is 522 g/mol. The number of benzene rings is 3. The van der Waals surface area contributed by atoms with E-state index < -0.39 is 18.4 Å². The summed E-state index contributed by atoms with van der Waals surface area (Å²) in [4.78, 5) is 0.227. The smallest absolute Gasteiger partial charge is 0.297 e. The van der Waals surface area contributed by atoms with E-state index in [2.05, 4.69) is 81.4 Å². The van der Waals surface area contributed by atoms with E-state index in [1.165, 1.54) is 10.4 Å². The molecule has 0 amide bonds. The van der Waals surface area contributed by atoms with Crippen LogP contribution in [-0.2, 0) is 18.7 Å². The molecule has 0 atom stereocenters. The van der Waals surface area contributed by atoms with Crippen LogP contribution in [0.15, 0.2) is 89.8 Å².